The van der Waals surface area contributed by atoms with Crippen LogP contribution in [-0.4, -0.2) is 5.78 Å². The molecule has 1 heteroatoms. The molecule has 0 aliphatic heterocycles. The molecular formula is C23H22O. The van der Waals surface area contributed by atoms with E-state index in [1.807, 2.05) is 6.07 Å². The molecule has 0 radical (unpaired) electrons. The van der Waals surface area contributed by atoms with E-state index < -0.39 is 5.41 Å². The van der Waals surface area contributed by atoms with Gasteiger partial charge in [-0.25, -0.2) is 0 Å². The maximum atomic E-state index is 13.8. The summed E-state index contributed by atoms with van der Waals surface area (Å²) in [6, 6.07) is 21.2. The number of Topliss-reactive ketones (excluding diaryl/α,β-unsaturated/α-hetero) is 1. The second kappa shape index (κ2) is 4.92. The standard InChI is InChI=1S/C23H22O/c24-21-22-14-8-7-13-19(22)20(17-9-3-1-4-10-17)23(21,16-15-22)18-11-5-2-6-12-18/h1-6,9-12H,7-8,13-16H2/t22-,23-/m1/s1. The van der Waals surface area contributed by atoms with Crippen LogP contribution in [0.4, 0.5) is 0 Å². The summed E-state index contributed by atoms with van der Waals surface area (Å²) in [7, 11) is 0. The number of fused-ring (bicyclic) bond motifs is 1. The molecule has 0 aromatic heterocycles. The van der Waals surface area contributed by atoms with Gasteiger partial charge in [-0.2, -0.15) is 0 Å². The summed E-state index contributed by atoms with van der Waals surface area (Å²) in [5.41, 5.74) is 4.73. The minimum Gasteiger partial charge on any atom is -0.297 e. The summed E-state index contributed by atoms with van der Waals surface area (Å²) in [6.07, 6.45) is 6.61. The highest BCUT2D eigenvalue weighted by atomic mass is 16.1. The van der Waals surface area contributed by atoms with Crippen molar-refractivity contribution in [2.45, 2.75) is 43.9 Å². The molecule has 0 heterocycles. The van der Waals surface area contributed by atoms with Crippen molar-refractivity contribution in [1.29, 1.82) is 0 Å². The second-order valence-electron chi connectivity index (χ2n) is 7.61. The summed E-state index contributed by atoms with van der Waals surface area (Å²) in [5, 5.41) is 0. The lowest BCUT2D eigenvalue weighted by atomic mass is 9.67. The molecule has 2 atom stereocenters. The van der Waals surface area contributed by atoms with Gasteiger partial charge >= 0.3 is 0 Å². The number of hydrogen-bond donors (Lipinski definition) is 0. The molecular weight excluding hydrogens is 292 g/mol. The van der Waals surface area contributed by atoms with Crippen molar-refractivity contribution >= 4 is 11.4 Å². The summed E-state index contributed by atoms with van der Waals surface area (Å²) < 4.78 is 0. The third kappa shape index (κ3) is 1.58. The van der Waals surface area contributed by atoms with Crippen LogP contribution in [0.5, 0.6) is 0 Å². The van der Waals surface area contributed by atoms with Crippen LogP contribution < -0.4 is 0 Å². The van der Waals surface area contributed by atoms with Gasteiger partial charge in [0.2, 0.25) is 0 Å². The number of allylic oxidation sites excluding steroid dienone is 2. The van der Waals surface area contributed by atoms with Crippen LogP contribution in [0, 0.1) is 5.41 Å². The fourth-order valence-corrected chi connectivity index (χ4v) is 5.71. The second-order valence-corrected chi connectivity index (χ2v) is 7.61. The van der Waals surface area contributed by atoms with Crippen molar-refractivity contribution in [1.82, 2.24) is 0 Å². The van der Waals surface area contributed by atoms with Gasteiger partial charge in [0.25, 0.3) is 0 Å². The fraction of sp³-hybridized carbons (Fsp3) is 0.348. The first-order valence-electron chi connectivity index (χ1n) is 9.19. The van der Waals surface area contributed by atoms with E-state index in [4.69, 9.17) is 0 Å². The molecule has 2 fully saturated rings. The van der Waals surface area contributed by atoms with Gasteiger partial charge in [-0.05, 0) is 48.8 Å². The molecule has 2 aromatic carbocycles. The Labute approximate surface area is 143 Å². The first-order chi connectivity index (χ1) is 11.8. The molecule has 0 unspecified atom stereocenters. The molecule has 0 N–H and O–H groups in total. The van der Waals surface area contributed by atoms with E-state index in [0.29, 0.717) is 5.78 Å². The monoisotopic (exact) mass is 314 g/mol. The van der Waals surface area contributed by atoms with E-state index >= 15 is 0 Å². The molecule has 24 heavy (non-hydrogen) atoms. The van der Waals surface area contributed by atoms with Crippen LogP contribution >= 0.6 is 0 Å². The van der Waals surface area contributed by atoms with Gasteiger partial charge in [0.1, 0.15) is 0 Å². The molecule has 2 saturated carbocycles. The summed E-state index contributed by atoms with van der Waals surface area (Å²) in [6.45, 7) is 0. The highest BCUT2D eigenvalue weighted by Gasteiger charge is 2.66. The van der Waals surface area contributed by atoms with Crippen molar-refractivity contribution in [3.05, 3.63) is 77.4 Å². The molecule has 3 aliphatic rings. The third-order valence-electron chi connectivity index (χ3n) is 6.66. The van der Waals surface area contributed by atoms with Crippen molar-refractivity contribution in [2.24, 2.45) is 5.41 Å². The van der Waals surface area contributed by atoms with Crippen LogP contribution in [-0.2, 0) is 10.2 Å². The number of benzene rings is 2. The fourth-order valence-electron chi connectivity index (χ4n) is 5.71. The van der Waals surface area contributed by atoms with Gasteiger partial charge in [0, 0.05) is 0 Å². The Morgan fingerprint density at radius 2 is 1.46 bits per heavy atom. The number of hydrogen-bond acceptors (Lipinski definition) is 1. The zero-order valence-corrected chi connectivity index (χ0v) is 13.9. The largest absolute Gasteiger partial charge is 0.297 e. The average molecular weight is 314 g/mol. The quantitative estimate of drug-likeness (QED) is 0.733. The lowest BCUT2D eigenvalue weighted by Crippen LogP contribution is -2.34. The minimum absolute atomic E-state index is 0.154. The Morgan fingerprint density at radius 1 is 0.750 bits per heavy atom. The van der Waals surface area contributed by atoms with E-state index in [1.165, 1.54) is 35.1 Å². The molecule has 5 rings (SSSR count). The predicted octanol–water partition coefficient (Wildman–Crippen LogP) is 5.32. The maximum Gasteiger partial charge on any atom is 0.157 e. The van der Waals surface area contributed by atoms with E-state index in [0.717, 1.165) is 25.7 Å². The van der Waals surface area contributed by atoms with Crippen LogP contribution in [0.1, 0.15) is 49.7 Å². The van der Waals surface area contributed by atoms with Gasteiger partial charge < -0.3 is 0 Å². The number of rotatable bonds is 2. The van der Waals surface area contributed by atoms with Crippen LogP contribution in [0.25, 0.3) is 5.57 Å². The Morgan fingerprint density at radius 3 is 2.21 bits per heavy atom. The smallest absolute Gasteiger partial charge is 0.157 e. The van der Waals surface area contributed by atoms with Gasteiger partial charge in [0.05, 0.1) is 10.8 Å². The van der Waals surface area contributed by atoms with Gasteiger partial charge in [0.15, 0.2) is 5.78 Å². The van der Waals surface area contributed by atoms with Crippen LogP contribution in [0.15, 0.2) is 66.2 Å². The highest BCUT2D eigenvalue weighted by molar-refractivity contribution is 6.16. The van der Waals surface area contributed by atoms with E-state index in [1.54, 1.807) is 0 Å². The number of carbonyl (C=O) groups is 1. The SMILES string of the molecule is O=C1[C@@]23CCCCC2=C(c2ccccc2)[C@]1(c1ccccc1)CC3. The lowest BCUT2D eigenvalue weighted by Gasteiger charge is -2.35. The van der Waals surface area contributed by atoms with E-state index in [2.05, 4.69) is 54.6 Å². The molecule has 2 aromatic rings. The average Bonchev–Trinajstić information content (AvgIpc) is 3.06. The van der Waals surface area contributed by atoms with Crippen molar-refractivity contribution in [3.8, 4) is 0 Å². The molecule has 1 nitrogen and oxygen atoms in total. The number of ketones is 1. The van der Waals surface area contributed by atoms with Crippen molar-refractivity contribution in [2.75, 3.05) is 0 Å². The maximum absolute atomic E-state index is 13.8. The Hall–Kier alpha value is -2.15. The molecule has 1 spiro atoms. The van der Waals surface area contributed by atoms with Crippen LogP contribution in [0.2, 0.25) is 0 Å². The Kier molecular flexibility index (Phi) is 2.92. The minimum atomic E-state index is -0.401. The predicted molar refractivity (Wildman–Crippen MR) is 96.6 cm³/mol. The Balaban J connectivity index is 1.83. The molecule has 3 aliphatic carbocycles. The summed E-state index contributed by atoms with van der Waals surface area (Å²) in [4.78, 5) is 13.8. The highest BCUT2D eigenvalue weighted by Crippen LogP contribution is 2.68. The lowest BCUT2D eigenvalue weighted by molar-refractivity contribution is -0.126. The van der Waals surface area contributed by atoms with Gasteiger partial charge in [-0.15, -0.1) is 0 Å². The molecule has 0 saturated heterocycles. The van der Waals surface area contributed by atoms with Gasteiger partial charge in [-0.1, -0.05) is 72.7 Å². The first kappa shape index (κ1) is 14.2. The normalized spacial score (nSPS) is 31.4. The van der Waals surface area contributed by atoms with Crippen molar-refractivity contribution in [3.63, 3.8) is 0 Å². The zero-order valence-electron chi connectivity index (χ0n) is 13.9. The first-order valence-corrected chi connectivity index (χ1v) is 9.19. The zero-order chi connectivity index (χ0) is 16.2. The van der Waals surface area contributed by atoms with Gasteiger partial charge in [-0.3, -0.25) is 4.79 Å². The van der Waals surface area contributed by atoms with Crippen molar-refractivity contribution < 1.29 is 4.79 Å². The topological polar surface area (TPSA) is 17.1 Å². The van der Waals surface area contributed by atoms with E-state index in [9.17, 15) is 4.79 Å². The third-order valence-corrected chi connectivity index (χ3v) is 6.66. The summed E-state index contributed by atoms with van der Waals surface area (Å²) >= 11 is 0. The molecule has 2 bridgehead atoms. The summed E-state index contributed by atoms with van der Waals surface area (Å²) in [5.74, 6) is 0.495. The molecule has 0 amide bonds. The Bertz CT molecular complexity index is 833. The number of carbonyl (C=O) groups excluding carboxylic acids is 1. The van der Waals surface area contributed by atoms with E-state index in [-0.39, 0.29) is 5.41 Å². The van der Waals surface area contributed by atoms with Crippen LogP contribution in [0.3, 0.4) is 0 Å². The molecule has 120 valence electrons.